The fraction of sp³-hybridized carbons (Fsp3) is 0.515. The zero-order valence-corrected chi connectivity index (χ0v) is 31.1. The first kappa shape index (κ1) is 37.2. The second-order valence-corrected chi connectivity index (χ2v) is 16.4. The number of methoxy groups -OCH3 is 2. The number of carbonyl (C=O) groups is 3. The lowest BCUT2D eigenvalue weighted by Crippen LogP contribution is -2.69. The van der Waals surface area contributed by atoms with Gasteiger partial charge in [0.15, 0.2) is 23.0 Å². The van der Waals surface area contributed by atoms with Gasteiger partial charge >= 0.3 is 18.0 Å². The number of fused-ring (bicyclic) bond motifs is 7. The third-order valence-corrected chi connectivity index (χ3v) is 11.4. The van der Waals surface area contributed by atoms with Gasteiger partial charge in [0, 0.05) is 47.0 Å². The van der Waals surface area contributed by atoms with Crippen LogP contribution < -0.4 is 24.8 Å². The number of alkyl carbamates (subject to hydrolysis) is 1. The Kier molecular flexibility index (Phi) is 10.3. The van der Waals surface area contributed by atoms with Crippen molar-refractivity contribution in [1.82, 2.24) is 15.5 Å². The molecule has 0 aromatic heterocycles. The number of amides is 1. The van der Waals surface area contributed by atoms with Gasteiger partial charge in [-0.3, -0.25) is 9.69 Å². The van der Waals surface area contributed by atoms with Crippen LogP contribution in [-0.2, 0) is 25.5 Å². The lowest BCUT2D eigenvalue weighted by atomic mass is 9.72. The van der Waals surface area contributed by atoms with E-state index in [4.69, 9.17) is 58.5 Å². The largest absolute Gasteiger partial charge is 0.504 e. The van der Waals surface area contributed by atoms with Crippen LogP contribution in [0.5, 0.6) is 28.7 Å². The van der Waals surface area contributed by atoms with E-state index in [1.807, 2.05) is 17.9 Å². The van der Waals surface area contributed by atoms with E-state index < -0.39 is 76.5 Å². The minimum Gasteiger partial charge on any atom is -0.504 e. The van der Waals surface area contributed by atoms with E-state index in [2.05, 4.69) is 16.7 Å². The molecule has 0 spiro atoms. The zero-order chi connectivity index (χ0) is 37.1. The maximum atomic E-state index is 13.6. The molecule has 4 aliphatic rings. The zero-order valence-electron chi connectivity index (χ0n) is 28.0. The van der Waals surface area contributed by atoms with E-state index in [-0.39, 0.29) is 34.3 Å². The normalized spacial score (nSPS) is 26.7. The van der Waals surface area contributed by atoms with Gasteiger partial charge in [0.1, 0.15) is 31.0 Å². The first-order valence-corrected chi connectivity index (χ1v) is 18.0. The Morgan fingerprint density at radius 2 is 1.82 bits per heavy atom. The Hall–Kier alpha value is -3.52. The highest BCUT2D eigenvalue weighted by Crippen LogP contribution is 2.61. The number of phenolic OH excluding ortho intramolecular Hbond substituents is 2. The number of piperazine rings is 1. The molecule has 4 heterocycles. The number of hydrogen-bond donors (Lipinski definition) is 4. The first-order valence-electron chi connectivity index (χ1n) is 15.8. The minimum atomic E-state index is -1.89. The lowest BCUT2D eigenvalue weighted by molar-refractivity contribution is -0.149. The van der Waals surface area contributed by atoms with Crippen molar-refractivity contribution < 1.29 is 48.3 Å². The molecule has 6 rings (SSSR count). The summed E-state index contributed by atoms with van der Waals surface area (Å²) in [6, 6.07) is -0.460. The van der Waals surface area contributed by atoms with Crippen LogP contribution in [0.2, 0.25) is 0 Å². The molecule has 4 bridgehead atoms. The molecule has 1 amide bonds. The molecule has 2 fully saturated rings. The van der Waals surface area contributed by atoms with Crippen LogP contribution in [0.15, 0.2) is 6.07 Å². The number of phenols is 2. The molecule has 0 saturated carbocycles. The summed E-state index contributed by atoms with van der Waals surface area (Å²) in [6.45, 7) is 3.73. The summed E-state index contributed by atoms with van der Waals surface area (Å²) in [7, 11) is 2.83. The van der Waals surface area contributed by atoms with Crippen molar-refractivity contribution in [3.63, 3.8) is 0 Å². The van der Waals surface area contributed by atoms with Crippen LogP contribution in [-0.4, -0.2) is 94.3 Å². The summed E-state index contributed by atoms with van der Waals surface area (Å²) >= 11 is 18.4. The predicted octanol–water partition coefficient (Wildman–Crippen LogP) is 4.34. The fourth-order valence-corrected chi connectivity index (χ4v) is 9.49. The highest BCUT2D eigenvalue weighted by Gasteiger charge is 2.58. The average Bonchev–Trinajstić information content (AvgIpc) is 3.06. The number of aromatic hydroxyl groups is 2. The first-order chi connectivity index (χ1) is 24.1. The van der Waals surface area contributed by atoms with Gasteiger partial charge in [-0.05, 0) is 31.4 Å². The second-order valence-electron chi connectivity index (χ2n) is 12.7. The summed E-state index contributed by atoms with van der Waals surface area (Å²) in [5.74, 6) is -1.42. The Morgan fingerprint density at radius 1 is 1.14 bits per heavy atom. The van der Waals surface area contributed by atoms with Crippen LogP contribution in [0, 0.1) is 25.2 Å². The maximum Gasteiger partial charge on any atom is 0.408 e. The molecule has 0 unspecified atom stereocenters. The molecule has 14 nitrogen and oxygen atoms in total. The number of alkyl halides is 3. The quantitative estimate of drug-likeness (QED) is 0.190. The minimum absolute atomic E-state index is 0.0452. The summed E-state index contributed by atoms with van der Waals surface area (Å²) in [6.07, 6.45) is -0.653. The van der Waals surface area contributed by atoms with Crippen LogP contribution in [0.25, 0.3) is 0 Å². The molecular weight excluding hydrogens is 751 g/mol. The summed E-state index contributed by atoms with van der Waals surface area (Å²) in [4.78, 5) is 40.8. The maximum absolute atomic E-state index is 13.6. The third-order valence-electron chi connectivity index (χ3n) is 9.63. The van der Waals surface area contributed by atoms with Crippen molar-refractivity contribution in [2.75, 3.05) is 33.2 Å². The van der Waals surface area contributed by atoms with Crippen LogP contribution >= 0.6 is 46.6 Å². The number of halogens is 3. The number of hydrogen-bond acceptors (Lipinski definition) is 14. The molecule has 4 N–H and O–H groups in total. The van der Waals surface area contributed by atoms with Gasteiger partial charge in [0.05, 0.1) is 37.6 Å². The van der Waals surface area contributed by atoms with Crippen LogP contribution in [0.3, 0.4) is 0 Å². The molecule has 0 aliphatic carbocycles. The van der Waals surface area contributed by atoms with Gasteiger partial charge in [0.2, 0.25) is 3.79 Å². The monoisotopic (exact) mass is 784 g/mol. The fourth-order valence-electron chi connectivity index (χ4n) is 7.81. The highest BCUT2D eigenvalue weighted by atomic mass is 35.6. The number of cyclic esters (lactones) is 1. The highest BCUT2D eigenvalue weighted by molar-refractivity contribution is 7.99. The van der Waals surface area contributed by atoms with E-state index in [9.17, 15) is 29.9 Å². The number of ether oxygens (including phenoxy) is 5. The number of nitriles is 1. The number of aryl methyl sites for hydroxylation is 1. The molecule has 7 atom stereocenters. The van der Waals surface area contributed by atoms with E-state index in [0.717, 1.165) is 11.1 Å². The topological polar surface area (TPSA) is 189 Å². The average molecular weight is 786 g/mol. The Balaban J connectivity index is 1.58. The van der Waals surface area contributed by atoms with Gasteiger partial charge < -0.3 is 44.5 Å². The number of thioether (sulfide) groups is 1. The smallest absolute Gasteiger partial charge is 0.408 e. The summed E-state index contributed by atoms with van der Waals surface area (Å²) < 4.78 is 26.0. The predicted molar refractivity (Wildman–Crippen MR) is 186 cm³/mol. The molecular formula is C33H35Cl3N4O10S. The van der Waals surface area contributed by atoms with Gasteiger partial charge in [0.25, 0.3) is 0 Å². The van der Waals surface area contributed by atoms with Gasteiger partial charge in [-0.25, -0.2) is 9.59 Å². The summed E-state index contributed by atoms with van der Waals surface area (Å²) in [5.41, 5.74) is 3.12. The molecule has 4 aliphatic heterocycles. The molecule has 274 valence electrons. The Morgan fingerprint density at radius 3 is 2.45 bits per heavy atom. The molecule has 2 aromatic rings. The van der Waals surface area contributed by atoms with Crippen LogP contribution in [0.4, 0.5) is 4.79 Å². The standard InChI is InChI=1S/C33H35Cl3N4O10S/c1-12-6-15-7-16-18(8-37)40-19-9-48-31(44)17(39-32(45)49-11-33(34,35)36)10-51-30(24(40)23(38-16)20(15)25(42)27(12)46-4)22-21(19)26(43)29(47-5)13(2)28(22)50-14(3)41/h6,16-19,23-24,30,38,42-43H,7,9-11H2,1-5H3,(H,39,45)/t16-,17-,18-,19-,23+,24+,30-/m0/s1. The Labute approximate surface area is 312 Å². The van der Waals surface area contributed by atoms with Gasteiger partial charge in [-0.2, -0.15) is 5.26 Å². The summed E-state index contributed by atoms with van der Waals surface area (Å²) in [5, 5.41) is 39.7. The van der Waals surface area contributed by atoms with E-state index >= 15 is 0 Å². The number of esters is 2. The van der Waals surface area contributed by atoms with Crippen molar-refractivity contribution in [2.24, 2.45) is 0 Å². The van der Waals surface area contributed by atoms with Crippen molar-refractivity contribution in [2.45, 2.75) is 72.5 Å². The van der Waals surface area contributed by atoms with E-state index in [0.29, 0.717) is 28.9 Å². The van der Waals surface area contributed by atoms with E-state index in [1.54, 1.807) is 6.92 Å². The van der Waals surface area contributed by atoms with E-state index in [1.165, 1.54) is 32.9 Å². The number of rotatable bonds is 5. The SMILES string of the molecule is COc1c(C)cc2c(c1O)[C@H]1N[C@@H](C2)[C@H](C#N)N2[C@H]1[C@H]1SC[C@H](NC(=O)OCC(Cl)(Cl)Cl)C(=O)OC[C@H]2c2c(O)c(OC)c(C)c(OC(C)=O)c21. The van der Waals surface area contributed by atoms with Crippen molar-refractivity contribution in [1.29, 1.82) is 5.26 Å². The lowest BCUT2D eigenvalue weighted by Gasteiger charge is -2.59. The van der Waals surface area contributed by atoms with Crippen molar-refractivity contribution in [3.8, 4) is 34.8 Å². The molecule has 2 saturated heterocycles. The number of benzene rings is 2. The number of carbonyl (C=O) groups excluding carboxylic acids is 3. The second kappa shape index (κ2) is 14.1. The van der Waals surface area contributed by atoms with Crippen LogP contribution in [0.1, 0.15) is 57.6 Å². The van der Waals surface area contributed by atoms with Crippen molar-refractivity contribution >= 4 is 64.6 Å². The molecule has 51 heavy (non-hydrogen) atoms. The molecule has 0 radical (unpaired) electrons. The van der Waals surface area contributed by atoms with Gasteiger partial charge in [-0.15, -0.1) is 11.8 Å². The number of nitrogens with one attached hydrogen (secondary N) is 2. The van der Waals surface area contributed by atoms with Gasteiger partial charge in [-0.1, -0.05) is 40.9 Å². The molecule has 18 heteroatoms. The molecule has 2 aromatic carbocycles. The third kappa shape index (κ3) is 6.55. The number of nitrogens with zero attached hydrogens (tertiary/aromatic N) is 2. The van der Waals surface area contributed by atoms with Crippen molar-refractivity contribution in [3.05, 3.63) is 39.4 Å². The Bertz CT molecular complexity index is 1840.